The molecule has 9 atom stereocenters. The lowest BCUT2D eigenvalue weighted by Gasteiger charge is -2.63. The third-order valence-corrected chi connectivity index (χ3v) is 10.4. The summed E-state index contributed by atoms with van der Waals surface area (Å²) in [4.78, 5) is 0. The van der Waals surface area contributed by atoms with Gasteiger partial charge in [-0.05, 0) is 48.3 Å². The fourth-order valence-corrected chi connectivity index (χ4v) is 8.37. The van der Waals surface area contributed by atoms with Gasteiger partial charge in [0, 0.05) is 24.2 Å². The SMILES string of the molecule is CCC(C(C)SC(OC1C2OC(OC)CC1(C)C2C)C1CC1)C(C)(CC)CC(C)C. The molecule has 0 spiro atoms. The first-order chi connectivity index (χ1) is 14.1. The van der Waals surface area contributed by atoms with Crippen LogP contribution in [0.15, 0.2) is 0 Å². The second-order valence-corrected chi connectivity index (χ2v) is 13.0. The monoisotopic (exact) mass is 440 g/mol. The highest BCUT2D eigenvalue weighted by molar-refractivity contribution is 8.00. The van der Waals surface area contributed by atoms with E-state index < -0.39 is 0 Å². The Balaban J connectivity index is 1.67. The summed E-state index contributed by atoms with van der Waals surface area (Å²) in [5.74, 6) is 2.75. The Bertz CT molecular complexity index is 564. The van der Waals surface area contributed by atoms with Crippen molar-refractivity contribution in [3.8, 4) is 0 Å². The van der Waals surface area contributed by atoms with Crippen LogP contribution in [-0.2, 0) is 14.2 Å². The molecule has 30 heavy (non-hydrogen) atoms. The van der Waals surface area contributed by atoms with Crippen molar-refractivity contribution in [2.75, 3.05) is 7.11 Å². The van der Waals surface area contributed by atoms with Crippen molar-refractivity contribution in [2.45, 2.75) is 123 Å². The minimum Gasteiger partial charge on any atom is -0.361 e. The molecule has 2 saturated carbocycles. The van der Waals surface area contributed by atoms with Gasteiger partial charge in [0.1, 0.15) is 5.44 Å². The van der Waals surface area contributed by atoms with Crippen molar-refractivity contribution >= 4 is 11.8 Å². The number of rotatable bonds is 12. The van der Waals surface area contributed by atoms with E-state index in [1.807, 2.05) is 0 Å². The molecule has 2 bridgehead atoms. The normalized spacial score (nSPS) is 38.6. The molecule has 1 saturated heterocycles. The lowest BCUT2D eigenvalue weighted by Crippen LogP contribution is -2.70. The van der Waals surface area contributed by atoms with Gasteiger partial charge in [0.2, 0.25) is 0 Å². The summed E-state index contributed by atoms with van der Waals surface area (Å²) in [5, 5.41) is 0.613. The maximum atomic E-state index is 6.92. The Morgan fingerprint density at radius 1 is 1.20 bits per heavy atom. The average molecular weight is 441 g/mol. The molecule has 0 amide bonds. The fraction of sp³-hybridized carbons (Fsp3) is 1.00. The molecule has 0 aromatic carbocycles. The molecule has 3 rings (SSSR count). The summed E-state index contributed by atoms with van der Waals surface area (Å²) in [6.45, 7) is 19.2. The van der Waals surface area contributed by atoms with Gasteiger partial charge in [0.25, 0.3) is 0 Å². The first kappa shape index (κ1) is 24.9. The van der Waals surface area contributed by atoms with Crippen molar-refractivity contribution in [3.05, 3.63) is 0 Å². The largest absolute Gasteiger partial charge is 0.361 e. The molecule has 0 aromatic rings. The minimum atomic E-state index is -0.0623. The highest BCUT2D eigenvalue weighted by Gasteiger charge is 2.64. The van der Waals surface area contributed by atoms with Crippen LogP contribution >= 0.6 is 11.8 Å². The van der Waals surface area contributed by atoms with Crippen LogP contribution in [0.2, 0.25) is 0 Å². The molecule has 4 heteroatoms. The number of hydrogen-bond acceptors (Lipinski definition) is 4. The topological polar surface area (TPSA) is 27.7 Å². The summed E-state index contributed by atoms with van der Waals surface area (Å²) in [5.41, 5.74) is 0.905. The highest BCUT2D eigenvalue weighted by atomic mass is 32.2. The summed E-state index contributed by atoms with van der Waals surface area (Å²) < 4.78 is 18.7. The third-order valence-electron chi connectivity index (χ3n) is 8.88. The molecule has 0 N–H and O–H groups in total. The van der Waals surface area contributed by atoms with Gasteiger partial charge in [-0.15, -0.1) is 11.8 Å². The maximum absolute atomic E-state index is 6.92. The van der Waals surface area contributed by atoms with Crippen LogP contribution < -0.4 is 0 Å². The van der Waals surface area contributed by atoms with Gasteiger partial charge in [-0.25, -0.2) is 0 Å². The van der Waals surface area contributed by atoms with Gasteiger partial charge in [0.05, 0.1) is 12.2 Å². The molecule has 2 aliphatic carbocycles. The van der Waals surface area contributed by atoms with Gasteiger partial charge in [-0.3, -0.25) is 0 Å². The number of hydrogen-bond donors (Lipinski definition) is 0. The summed E-state index contributed by atoms with van der Waals surface area (Å²) >= 11 is 2.13. The van der Waals surface area contributed by atoms with Gasteiger partial charge < -0.3 is 14.2 Å². The van der Waals surface area contributed by atoms with Crippen LogP contribution in [0.3, 0.4) is 0 Å². The summed E-state index contributed by atoms with van der Waals surface area (Å²) in [6, 6.07) is 0. The molecule has 3 fully saturated rings. The van der Waals surface area contributed by atoms with E-state index in [9.17, 15) is 0 Å². The molecule has 176 valence electrons. The number of ether oxygens (including phenoxy) is 3. The van der Waals surface area contributed by atoms with Gasteiger partial charge in [-0.1, -0.05) is 68.2 Å². The second kappa shape index (κ2) is 9.61. The van der Waals surface area contributed by atoms with Crippen LogP contribution in [0.4, 0.5) is 0 Å². The molecular weight excluding hydrogens is 392 g/mol. The predicted molar refractivity (Wildman–Crippen MR) is 128 cm³/mol. The van der Waals surface area contributed by atoms with E-state index >= 15 is 0 Å². The van der Waals surface area contributed by atoms with E-state index in [1.54, 1.807) is 7.11 Å². The Hall–Kier alpha value is 0.230. The zero-order valence-corrected chi connectivity index (χ0v) is 21.9. The van der Waals surface area contributed by atoms with E-state index in [-0.39, 0.29) is 23.9 Å². The van der Waals surface area contributed by atoms with E-state index in [2.05, 4.69) is 67.2 Å². The van der Waals surface area contributed by atoms with Crippen molar-refractivity contribution in [1.82, 2.24) is 0 Å². The number of fused-ring (bicyclic) bond motifs is 2. The zero-order chi connectivity index (χ0) is 22.3. The maximum Gasteiger partial charge on any atom is 0.158 e. The van der Waals surface area contributed by atoms with Crippen molar-refractivity contribution < 1.29 is 14.2 Å². The molecule has 0 aromatic heterocycles. The van der Waals surface area contributed by atoms with Crippen molar-refractivity contribution in [1.29, 1.82) is 0 Å². The summed E-state index contributed by atoms with van der Waals surface area (Å²) in [7, 11) is 1.76. The van der Waals surface area contributed by atoms with E-state index in [1.165, 1.54) is 32.1 Å². The average Bonchev–Trinajstić information content (AvgIpc) is 3.53. The van der Waals surface area contributed by atoms with Crippen molar-refractivity contribution in [3.63, 3.8) is 0 Å². The molecule has 0 radical (unpaired) electrons. The molecule has 3 aliphatic rings. The Morgan fingerprint density at radius 2 is 1.87 bits per heavy atom. The lowest BCUT2D eigenvalue weighted by molar-refractivity contribution is -0.353. The smallest absolute Gasteiger partial charge is 0.158 e. The third kappa shape index (κ3) is 4.77. The molecule has 9 unspecified atom stereocenters. The molecule has 3 nitrogen and oxygen atoms in total. The van der Waals surface area contributed by atoms with Crippen LogP contribution in [-0.4, -0.2) is 36.3 Å². The van der Waals surface area contributed by atoms with Gasteiger partial charge in [-0.2, -0.15) is 0 Å². The molecule has 1 heterocycles. The Kier molecular flexibility index (Phi) is 7.97. The standard InChI is InChI=1S/C26H48O3S/c1-10-20(25(7,11-2)14-16(3)4)18(6)30-24(19-12-13-19)29-23-22-17(5)26(23,8)15-21(27-9)28-22/h16-24H,10-15H2,1-9H3. The quantitative estimate of drug-likeness (QED) is 0.302. The van der Waals surface area contributed by atoms with Crippen LogP contribution in [0.25, 0.3) is 0 Å². The zero-order valence-electron chi connectivity index (χ0n) is 21.1. The molecule has 1 aliphatic heterocycles. The number of methoxy groups -OCH3 is 1. The predicted octanol–water partition coefficient (Wildman–Crippen LogP) is 7.14. The highest BCUT2D eigenvalue weighted by Crippen LogP contribution is 2.59. The minimum absolute atomic E-state index is 0.0623. The Labute approximate surface area is 190 Å². The van der Waals surface area contributed by atoms with Crippen LogP contribution in [0, 0.1) is 34.5 Å². The van der Waals surface area contributed by atoms with Crippen molar-refractivity contribution in [2.24, 2.45) is 34.5 Å². The first-order valence-corrected chi connectivity index (χ1v) is 13.5. The fourth-order valence-electron chi connectivity index (χ4n) is 6.55. The number of thioether (sulfide) groups is 1. The Morgan fingerprint density at radius 3 is 2.33 bits per heavy atom. The van der Waals surface area contributed by atoms with E-state index in [0.717, 1.165) is 24.2 Å². The van der Waals surface area contributed by atoms with E-state index in [0.29, 0.717) is 22.0 Å². The summed E-state index contributed by atoms with van der Waals surface area (Å²) in [6.07, 6.45) is 7.77. The second-order valence-electron chi connectivity index (χ2n) is 11.5. The van der Waals surface area contributed by atoms with Gasteiger partial charge >= 0.3 is 0 Å². The van der Waals surface area contributed by atoms with Crippen LogP contribution in [0.1, 0.15) is 93.9 Å². The molecular formula is C26H48O3S. The first-order valence-electron chi connectivity index (χ1n) is 12.6. The van der Waals surface area contributed by atoms with E-state index in [4.69, 9.17) is 14.2 Å². The lowest BCUT2D eigenvalue weighted by atomic mass is 9.54. The van der Waals surface area contributed by atoms with Crippen LogP contribution in [0.5, 0.6) is 0 Å². The van der Waals surface area contributed by atoms with Gasteiger partial charge in [0.15, 0.2) is 6.29 Å².